The van der Waals surface area contributed by atoms with E-state index >= 15 is 0 Å². The van der Waals surface area contributed by atoms with Gasteiger partial charge in [0.25, 0.3) is 30.4 Å². The molecule has 0 saturated carbocycles. The minimum absolute atomic E-state index is 0. The van der Waals surface area contributed by atoms with Gasteiger partial charge in [-0.1, -0.05) is 34.9 Å². The van der Waals surface area contributed by atoms with Crippen LogP contribution in [0.25, 0.3) is 21.5 Å². The van der Waals surface area contributed by atoms with E-state index in [1.54, 1.807) is 0 Å². The number of azo groups is 1. The average molecular weight is 966 g/mol. The van der Waals surface area contributed by atoms with Gasteiger partial charge in [-0.05, 0) is 35.7 Å². The predicted molar refractivity (Wildman–Crippen MR) is 158 cm³/mol. The molecule has 5 aromatic rings. The Morgan fingerprint density at radius 3 is 1.71 bits per heavy atom. The van der Waals surface area contributed by atoms with E-state index in [9.17, 15) is 76.0 Å². The van der Waals surface area contributed by atoms with Gasteiger partial charge >= 0.3 is 124 Å². The van der Waals surface area contributed by atoms with Crippen molar-refractivity contribution in [2.75, 3.05) is 5.32 Å². The molecule has 20 nitrogen and oxygen atoms in total. The summed E-state index contributed by atoms with van der Waals surface area (Å²) in [6.07, 6.45) is -1.67. The quantitative estimate of drug-likeness (QED) is 0.0369. The number of nitrogens with one attached hydrogen (secondary N) is 1. The van der Waals surface area contributed by atoms with Gasteiger partial charge in [0.05, 0.1) is 16.3 Å². The Morgan fingerprint density at radius 1 is 0.679 bits per heavy atom. The van der Waals surface area contributed by atoms with Crippen molar-refractivity contribution in [2.24, 2.45) is 10.2 Å². The molecule has 1 aromatic heterocycles. The molecule has 0 aliphatic heterocycles. The van der Waals surface area contributed by atoms with Crippen molar-refractivity contribution < 1.29 is 211 Å². The molecule has 4 N–H and O–H groups in total. The molecule has 56 heavy (non-hydrogen) atoms. The molecule has 0 unspecified atom stereocenters. The molecule has 0 fully saturated rings. The Labute approximate surface area is 417 Å². The molecule has 5 rings (SSSR count). The van der Waals surface area contributed by atoms with E-state index in [4.69, 9.17) is 11.6 Å². The Kier molecular flexibility index (Phi) is 19.8. The zero-order valence-corrected chi connectivity index (χ0v) is 41.0. The standard InChI is InChI=1S/C24H14ClF2N5O15S4.Cu.4Na/c25-19-22(26)29-24(27)30-23(19)28-7-1-9-14(49(39,40)41)5-11(21(35)18(9)16(2-7)51(45,46)47)31-32-20-13(34)6-15(50(42,43)44)10-3-8(48(36,37)38)4-12(33)17(10)20;;;;;/h1-6,33-35H,(H,28,29,30)(H,36,37,38)(H,39,40,41)(H,42,43,44)(H,45,46,47);;;;;/q;;4*+1/p-4. The number of hydrogen-bond acceptors (Lipinski definition) is 17. The first-order valence-corrected chi connectivity index (χ1v) is 18.7. The van der Waals surface area contributed by atoms with Crippen LogP contribution in [-0.4, -0.2) is 61.9 Å². The maximum absolute atomic E-state index is 13.9. The Balaban J connectivity index is 0.00000605. The summed E-state index contributed by atoms with van der Waals surface area (Å²) in [5.74, 6) is -7.15. The molecule has 0 spiro atoms. The molecule has 1 heterocycles. The minimum atomic E-state index is -5.56. The van der Waals surface area contributed by atoms with Crippen LogP contribution in [0.4, 0.5) is 31.7 Å². The fourth-order valence-corrected chi connectivity index (χ4v) is 7.37. The predicted octanol–water partition coefficient (Wildman–Crippen LogP) is -10.2. The molecular formula is C24H10ClCuF2N5Na4O15S4. The number of anilines is 2. The van der Waals surface area contributed by atoms with Crippen molar-refractivity contribution in [3.05, 3.63) is 53.4 Å². The first-order chi connectivity index (χ1) is 23.3. The van der Waals surface area contributed by atoms with E-state index in [1.807, 2.05) is 0 Å². The second-order valence-corrected chi connectivity index (χ2v) is 15.8. The molecule has 0 aliphatic carbocycles. The number of halogens is 3. The summed E-state index contributed by atoms with van der Waals surface area (Å²) in [5.41, 5.74) is -3.07. The van der Waals surface area contributed by atoms with Gasteiger partial charge in [-0.3, -0.25) is 13.7 Å². The van der Waals surface area contributed by atoms with Crippen LogP contribution in [0, 0.1) is 12.0 Å². The van der Waals surface area contributed by atoms with E-state index in [2.05, 4.69) is 25.5 Å². The smallest absolute Gasteiger partial charge is 0.872 e. The monoisotopic (exact) mass is 964 g/mol. The molecule has 0 saturated heterocycles. The third-order valence-corrected chi connectivity index (χ3v) is 10.4. The van der Waals surface area contributed by atoms with E-state index in [0.29, 0.717) is 18.2 Å². The number of aromatic nitrogens is 2. The number of nitrogens with zero attached hydrogens (tertiary/aromatic N) is 4. The van der Waals surface area contributed by atoms with Gasteiger partial charge in [0.1, 0.15) is 29.8 Å². The van der Waals surface area contributed by atoms with Crippen LogP contribution in [0.1, 0.15) is 0 Å². The van der Waals surface area contributed by atoms with Crippen molar-refractivity contribution in [3.8, 4) is 17.2 Å². The summed E-state index contributed by atoms with van der Waals surface area (Å²) >= 11 is 5.68. The van der Waals surface area contributed by atoms with Crippen LogP contribution in [0.5, 0.6) is 17.2 Å². The Hall–Kier alpha value is -0.411. The van der Waals surface area contributed by atoms with E-state index < -0.39 is 139 Å². The topological polar surface area (TPSA) is 352 Å². The minimum Gasteiger partial charge on any atom is -0.872 e. The fourth-order valence-electron chi connectivity index (χ4n) is 4.59. The van der Waals surface area contributed by atoms with Crippen molar-refractivity contribution in [3.63, 3.8) is 0 Å². The number of benzene rings is 4. The van der Waals surface area contributed by atoms with E-state index in [-0.39, 0.29) is 153 Å². The van der Waals surface area contributed by atoms with Gasteiger partial charge in [-0.15, -0.1) is 0 Å². The van der Waals surface area contributed by atoms with Crippen molar-refractivity contribution in [1.29, 1.82) is 0 Å². The summed E-state index contributed by atoms with van der Waals surface area (Å²) < 4.78 is 165. The van der Waals surface area contributed by atoms with Crippen LogP contribution >= 0.6 is 11.6 Å². The number of rotatable bonds is 8. The third kappa shape index (κ3) is 11.7. The zero-order valence-electron chi connectivity index (χ0n) is 28.1. The van der Waals surface area contributed by atoms with Crippen LogP contribution in [0.2, 0.25) is 5.02 Å². The molecule has 0 atom stereocenters. The summed E-state index contributed by atoms with van der Waals surface area (Å²) in [7, 11) is -21.9. The maximum Gasteiger partial charge on any atom is 1.00 e. The van der Waals surface area contributed by atoms with Crippen LogP contribution in [0.15, 0.2) is 66.2 Å². The fraction of sp³-hybridized carbons (Fsp3) is 0. The average Bonchev–Trinajstić information content (AvgIpc) is 2.97. The molecule has 1 radical (unpaired) electrons. The molecule has 0 aliphatic rings. The SMILES string of the molecule is O=S(=O)([O-])c1cc([O-])c2c(N=Nc3cc(S(=O)(=O)O)c4cc(Nc5nc(F)nc(F)c5Cl)cc(S(=O)(=O)O)c4c3[O-])c([O-])cc(S(=O)(=O)O)c2c1.[Cu].[Na+].[Na+].[Na+].[Na+]. The van der Waals surface area contributed by atoms with Crippen LogP contribution < -0.4 is 139 Å². The van der Waals surface area contributed by atoms with Gasteiger partial charge in [0, 0.05) is 38.9 Å². The van der Waals surface area contributed by atoms with Crippen LogP contribution in [0.3, 0.4) is 0 Å². The van der Waals surface area contributed by atoms with Gasteiger partial charge in [0.15, 0.2) is 5.82 Å². The van der Waals surface area contributed by atoms with Crippen molar-refractivity contribution in [1.82, 2.24) is 9.97 Å². The Bertz CT molecular complexity index is 2890. The molecular weight excluding hydrogens is 956 g/mol. The van der Waals surface area contributed by atoms with Crippen molar-refractivity contribution in [2.45, 2.75) is 19.6 Å². The van der Waals surface area contributed by atoms with Gasteiger partial charge in [-0.2, -0.15) is 54.2 Å². The van der Waals surface area contributed by atoms with E-state index in [0.717, 1.165) is 0 Å². The third-order valence-electron chi connectivity index (χ3n) is 6.60. The van der Waals surface area contributed by atoms with Gasteiger partial charge < -0.3 is 25.2 Å². The zero-order chi connectivity index (χ0) is 38.2. The molecule has 0 amide bonds. The second kappa shape index (κ2) is 20.0. The Morgan fingerprint density at radius 2 is 1.20 bits per heavy atom. The first kappa shape index (κ1) is 55.6. The molecule has 281 valence electrons. The maximum atomic E-state index is 13.9. The first-order valence-electron chi connectivity index (χ1n) is 12.5. The summed E-state index contributed by atoms with van der Waals surface area (Å²) in [5, 5.41) is 42.9. The van der Waals surface area contributed by atoms with Crippen LogP contribution in [-0.2, 0) is 57.5 Å². The summed E-state index contributed by atoms with van der Waals surface area (Å²) in [6.45, 7) is 0. The molecule has 4 aromatic carbocycles. The largest absolute Gasteiger partial charge is 1.00 e. The van der Waals surface area contributed by atoms with E-state index in [1.165, 1.54) is 0 Å². The molecule has 32 heteroatoms. The summed E-state index contributed by atoms with van der Waals surface area (Å²) in [4.78, 5) is 0.452. The second-order valence-electron chi connectivity index (χ2n) is 9.84. The van der Waals surface area contributed by atoms with Crippen molar-refractivity contribution >= 4 is 96.5 Å². The number of fused-ring (bicyclic) bond motifs is 2. The number of hydrogen-bond donors (Lipinski definition) is 4. The van der Waals surface area contributed by atoms with Gasteiger partial charge in [-0.25, -0.2) is 8.42 Å². The normalized spacial score (nSPS) is 11.8. The van der Waals surface area contributed by atoms with Gasteiger partial charge in [0.2, 0.25) is 5.95 Å². The summed E-state index contributed by atoms with van der Waals surface area (Å²) in [6, 6.07) is 1.91. The molecule has 0 bridgehead atoms.